The number of anilines is 2. The van der Waals surface area contributed by atoms with Gasteiger partial charge >= 0.3 is 5.97 Å². The smallest absolute Gasteiger partial charge is 0.356 e. The number of benzene rings is 2. The van der Waals surface area contributed by atoms with Crippen molar-refractivity contribution < 1.29 is 23.6 Å². The van der Waals surface area contributed by atoms with Crippen LogP contribution in [0.15, 0.2) is 42.5 Å². The lowest BCUT2D eigenvalue weighted by Crippen LogP contribution is -3.15. The van der Waals surface area contributed by atoms with Gasteiger partial charge in [-0.25, -0.2) is 9.18 Å². The molecule has 1 aliphatic heterocycles. The molecule has 2 heterocycles. The molecule has 31 heavy (non-hydrogen) atoms. The number of H-pyrrole nitrogens is 1. The number of ether oxygens (including phenoxy) is 1. The molecule has 0 unspecified atom stereocenters. The highest BCUT2D eigenvalue weighted by Crippen LogP contribution is 2.29. The van der Waals surface area contributed by atoms with Crippen molar-refractivity contribution in [1.82, 2.24) is 4.98 Å². The Morgan fingerprint density at radius 2 is 1.94 bits per heavy atom. The van der Waals surface area contributed by atoms with E-state index in [-0.39, 0.29) is 24.0 Å². The summed E-state index contributed by atoms with van der Waals surface area (Å²) in [5, 5.41) is 3.66. The van der Waals surface area contributed by atoms with Crippen LogP contribution in [-0.4, -0.2) is 56.7 Å². The SMILES string of the molecule is COC(=O)c1[nH]c2cc(C)ccc2c1NC(=O)C[NH+]1CCN(c2ccccc2F)CC1. The van der Waals surface area contributed by atoms with E-state index in [0.717, 1.165) is 34.5 Å². The highest BCUT2D eigenvalue weighted by atomic mass is 19.1. The number of piperazine rings is 1. The minimum absolute atomic E-state index is 0.180. The van der Waals surface area contributed by atoms with E-state index < -0.39 is 5.97 Å². The lowest BCUT2D eigenvalue weighted by atomic mass is 10.1. The van der Waals surface area contributed by atoms with E-state index in [1.807, 2.05) is 36.1 Å². The summed E-state index contributed by atoms with van der Waals surface area (Å²) in [5.41, 5.74) is 3.08. The first-order chi connectivity index (χ1) is 15.0. The normalized spacial score (nSPS) is 14.6. The Hall–Kier alpha value is -3.39. The summed E-state index contributed by atoms with van der Waals surface area (Å²) in [6.45, 7) is 5.01. The molecule has 1 fully saturated rings. The summed E-state index contributed by atoms with van der Waals surface area (Å²) in [6, 6.07) is 12.5. The summed E-state index contributed by atoms with van der Waals surface area (Å²) in [6.07, 6.45) is 0. The van der Waals surface area contributed by atoms with Gasteiger partial charge in [0.2, 0.25) is 0 Å². The van der Waals surface area contributed by atoms with Crippen LogP contribution in [0.25, 0.3) is 10.9 Å². The summed E-state index contributed by atoms with van der Waals surface area (Å²) < 4.78 is 18.9. The molecule has 3 N–H and O–H groups in total. The van der Waals surface area contributed by atoms with Gasteiger partial charge in [-0.1, -0.05) is 24.3 Å². The van der Waals surface area contributed by atoms with Gasteiger partial charge in [0.05, 0.1) is 44.7 Å². The standard InChI is InChI=1S/C23H25FN4O3/c1-15-7-8-16-18(13-15)25-22(23(30)31-2)21(16)26-20(29)14-27-9-11-28(12-10-27)19-6-4-3-5-17(19)24/h3-8,13,25H,9-12,14H2,1-2H3,(H,26,29)/p+1. The number of aryl methyl sites for hydroxylation is 1. The Morgan fingerprint density at radius 1 is 1.19 bits per heavy atom. The first-order valence-corrected chi connectivity index (χ1v) is 10.3. The monoisotopic (exact) mass is 425 g/mol. The zero-order chi connectivity index (χ0) is 22.0. The number of fused-ring (bicyclic) bond motifs is 1. The van der Waals surface area contributed by atoms with Crippen molar-refractivity contribution >= 4 is 34.2 Å². The fraction of sp³-hybridized carbons (Fsp3) is 0.304. The maximum absolute atomic E-state index is 14.0. The number of para-hydroxylation sites is 1. The molecule has 8 heteroatoms. The fourth-order valence-electron chi connectivity index (χ4n) is 4.06. The van der Waals surface area contributed by atoms with Crippen LogP contribution < -0.4 is 15.1 Å². The number of amides is 1. The molecule has 0 radical (unpaired) electrons. The summed E-state index contributed by atoms with van der Waals surface area (Å²) >= 11 is 0. The van der Waals surface area contributed by atoms with Gasteiger partial charge in [-0.3, -0.25) is 4.79 Å². The number of rotatable bonds is 5. The van der Waals surface area contributed by atoms with Crippen molar-refractivity contribution in [3.05, 3.63) is 59.5 Å². The third kappa shape index (κ3) is 4.39. The first kappa shape index (κ1) is 20.9. The molecule has 0 saturated carbocycles. The molecule has 162 valence electrons. The minimum Gasteiger partial charge on any atom is -0.464 e. The number of quaternary nitrogens is 1. The van der Waals surface area contributed by atoms with Crippen LogP contribution in [0.2, 0.25) is 0 Å². The molecule has 7 nitrogen and oxygen atoms in total. The van der Waals surface area contributed by atoms with E-state index in [0.29, 0.717) is 24.5 Å². The second-order valence-electron chi connectivity index (χ2n) is 7.83. The van der Waals surface area contributed by atoms with Crippen molar-refractivity contribution in [3.8, 4) is 0 Å². The van der Waals surface area contributed by atoms with E-state index in [4.69, 9.17) is 4.74 Å². The van der Waals surface area contributed by atoms with Crippen LogP contribution in [0, 0.1) is 12.7 Å². The fourth-order valence-corrected chi connectivity index (χ4v) is 4.06. The summed E-state index contributed by atoms with van der Waals surface area (Å²) in [5.74, 6) is -0.940. The number of carbonyl (C=O) groups is 2. The van der Waals surface area contributed by atoms with Crippen LogP contribution in [0.3, 0.4) is 0 Å². The Morgan fingerprint density at radius 3 is 2.65 bits per heavy atom. The third-order valence-electron chi connectivity index (χ3n) is 5.68. The Kier molecular flexibility index (Phi) is 5.90. The minimum atomic E-state index is -0.532. The van der Waals surface area contributed by atoms with Crippen molar-refractivity contribution in [2.24, 2.45) is 0 Å². The number of aromatic amines is 1. The van der Waals surface area contributed by atoms with Crippen LogP contribution in [0.5, 0.6) is 0 Å². The third-order valence-corrected chi connectivity index (χ3v) is 5.68. The number of carbonyl (C=O) groups excluding carboxylic acids is 2. The number of nitrogens with one attached hydrogen (secondary N) is 3. The first-order valence-electron chi connectivity index (χ1n) is 10.3. The van der Waals surface area contributed by atoms with Gasteiger partial charge < -0.3 is 24.8 Å². The van der Waals surface area contributed by atoms with E-state index in [2.05, 4.69) is 10.3 Å². The Balaban J connectivity index is 1.43. The van der Waals surface area contributed by atoms with E-state index in [1.165, 1.54) is 13.2 Å². The van der Waals surface area contributed by atoms with Crippen molar-refractivity contribution in [1.29, 1.82) is 0 Å². The quantitative estimate of drug-likeness (QED) is 0.545. The molecule has 0 bridgehead atoms. The Bertz CT molecular complexity index is 1120. The molecule has 4 rings (SSSR count). The summed E-state index contributed by atoms with van der Waals surface area (Å²) in [7, 11) is 1.31. The molecule has 0 aliphatic carbocycles. The Labute approximate surface area is 179 Å². The van der Waals surface area contributed by atoms with Gasteiger partial charge in [-0.2, -0.15) is 0 Å². The average molecular weight is 425 g/mol. The molecule has 1 aliphatic rings. The molecule has 1 aromatic heterocycles. The van der Waals surface area contributed by atoms with Gasteiger partial charge in [0.25, 0.3) is 5.91 Å². The molecule has 3 aromatic rings. The number of hydrogen-bond acceptors (Lipinski definition) is 4. The zero-order valence-electron chi connectivity index (χ0n) is 17.6. The van der Waals surface area contributed by atoms with E-state index in [1.54, 1.807) is 12.1 Å². The topological polar surface area (TPSA) is 78.9 Å². The highest BCUT2D eigenvalue weighted by molar-refractivity contribution is 6.11. The summed E-state index contributed by atoms with van der Waals surface area (Å²) in [4.78, 5) is 31.2. The molecular formula is C23H26FN4O3+. The van der Waals surface area contributed by atoms with Gasteiger partial charge in [-0.15, -0.1) is 0 Å². The van der Waals surface area contributed by atoms with Crippen LogP contribution >= 0.6 is 0 Å². The lowest BCUT2D eigenvalue weighted by molar-refractivity contribution is -0.892. The van der Waals surface area contributed by atoms with Gasteiger partial charge in [0.15, 0.2) is 6.54 Å². The maximum atomic E-state index is 14.0. The molecule has 1 amide bonds. The van der Waals surface area contributed by atoms with Gasteiger partial charge in [-0.05, 0) is 30.7 Å². The second-order valence-corrected chi connectivity index (χ2v) is 7.83. The van der Waals surface area contributed by atoms with Crippen molar-refractivity contribution in [2.45, 2.75) is 6.92 Å². The lowest BCUT2D eigenvalue weighted by Gasteiger charge is -2.33. The number of aromatic nitrogens is 1. The molecule has 1 saturated heterocycles. The van der Waals surface area contributed by atoms with Crippen LogP contribution in [-0.2, 0) is 9.53 Å². The number of halogens is 1. The molecular weight excluding hydrogens is 399 g/mol. The number of nitrogens with zero attached hydrogens (tertiary/aromatic N) is 1. The second kappa shape index (κ2) is 8.77. The maximum Gasteiger partial charge on any atom is 0.356 e. The number of hydrogen-bond donors (Lipinski definition) is 3. The van der Waals surface area contributed by atoms with Crippen LogP contribution in [0.1, 0.15) is 16.1 Å². The van der Waals surface area contributed by atoms with Gasteiger partial charge in [0, 0.05) is 10.9 Å². The molecule has 0 atom stereocenters. The van der Waals surface area contributed by atoms with Crippen molar-refractivity contribution in [2.75, 3.05) is 50.1 Å². The highest BCUT2D eigenvalue weighted by Gasteiger charge is 2.26. The average Bonchev–Trinajstić information content (AvgIpc) is 3.11. The predicted molar refractivity (Wildman–Crippen MR) is 117 cm³/mol. The number of methoxy groups -OCH3 is 1. The van der Waals surface area contributed by atoms with Crippen LogP contribution in [0.4, 0.5) is 15.8 Å². The number of esters is 1. The largest absolute Gasteiger partial charge is 0.464 e. The zero-order valence-corrected chi connectivity index (χ0v) is 17.6. The predicted octanol–water partition coefficient (Wildman–Crippen LogP) is 1.75. The van der Waals surface area contributed by atoms with Gasteiger partial charge in [0.1, 0.15) is 11.5 Å². The van der Waals surface area contributed by atoms with E-state index >= 15 is 0 Å². The molecule has 2 aromatic carbocycles. The molecule has 0 spiro atoms. The van der Waals surface area contributed by atoms with E-state index in [9.17, 15) is 14.0 Å². The van der Waals surface area contributed by atoms with Crippen molar-refractivity contribution in [3.63, 3.8) is 0 Å².